The van der Waals surface area contributed by atoms with Crippen LogP contribution in [0.2, 0.25) is 0 Å². The number of hydrogen-bond acceptors (Lipinski definition) is 5. The van der Waals surface area contributed by atoms with Crippen LogP contribution in [0.25, 0.3) is 0 Å². The minimum atomic E-state index is -0.0972. The first kappa shape index (κ1) is 11.7. The van der Waals surface area contributed by atoms with E-state index in [2.05, 4.69) is 6.07 Å². The van der Waals surface area contributed by atoms with Crippen LogP contribution in [0.15, 0.2) is 18.2 Å². The number of nitrogens with two attached hydrogens (primary N) is 1. The predicted octanol–water partition coefficient (Wildman–Crippen LogP) is 0.338. The first-order valence-corrected chi connectivity index (χ1v) is 5.51. The molecule has 90 valence electrons. The summed E-state index contributed by atoms with van der Waals surface area (Å²) in [6.45, 7) is 1.76. The lowest BCUT2D eigenvalue weighted by Crippen LogP contribution is -2.48. The van der Waals surface area contributed by atoms with Gasteiger partial charge >= 0.3 is 0 Å². The summed E-state index contributed by atoms with van der Waals surface area (Å²) in [6, 6.07) is 7.32. The minimum Gasteiger partial charge on any atom is -0.396 e. The molecule has 1 unspecified atom stereocenters. The molecule has 1 aliphatic rings. The summed E-state index contributed by atoms with van der Waals surface area (Å²) >= 11 is 0. The van der Waals surface area contributed by atoms with Crippen molar-refractivity contribution in [2.75, 3.05) is 37.0 Å². The van der Waals surface area contributed by atoms with E-state index >= 15 is 0 Å². The van der Waals surface area contributed by atoms with E-state index < -0.39 is 0 Å². The fourth-order valence-electron chi connectivity index (χ4n) is 2.02. The molecule has 1 aliphatic heterocycles. The number of nitriles is 1. The van der Waals surface area contributed by atoms with Crippen LogP contribution in [0.1, 0.15) is 5.56 Å². The summed E-state index contributed by atoms with van der Waals surface area (Å²) < 4.78 is 5.31. The predicted molar refractivity (Wildman–Crippen MR) is 64.6 cm³/mol. The van der Waals surface area contributed by atoms with E-state index in [0.717, 1.165) is 5.69 Å². The molecule has 0 amide bonds. The standard InChI is InChI=1S/C12H15N3O2/c13-6-9-2-1-3-11(12(9)14)15-4-5-17-8-10(15)7-16/h1-3,10,16H,4-5,7-8,14H2. The highest BCUT2D eigenvalue weighted by atomic mass is 16.5. The van der Waals surface area contributed by atoms with E-state index in [1.807, 2.05) is 11.0 Å². The number of aliphatic hydroxyl groups excluding tert-OH is 1. The topological polar surface area (TPSA) is 82.5 Å². The van der Waals surface area contributed by atoms with Crippen LogP contribution >= 0.6 is 0 Å². The molecular weight excluding hydrogens is 218 g/mol. The number of morpholine rings is 1. The molecule has 1 saturated heterocycles. The summed E-state index contributed by atoms with van der Waals surface area (Å²) in [4.78, 5) is 2.00. The fourth-order valence-corrected chi connectivity index (χ4v) is 2.02. The Hall–Kier alpha value is -1.77. The van der Waals surface area contributed by atoms with Gasteiger partial charge in [-0.25, -0.2) is 0 Å². The van der Waals surface area contributed by atoms with Gasteiger partial charge in [0.05, 0.1) is 42.8 Å². The van der Waals surface area contributed by atoms with Crippen molar-refractivity contribution < 1.29 is 9.84 Å². The van der Waals surface area contributed by atoms with Gasteiger partial charge in [0.1, 0.15) is 6.07 Å². The molecule has 0 bridgehead atoms. The average molecular weight is 233 g/mol. The lowest BCUT2D eigenvalue weighted by Gasteiger charge is -2.37. The molecule has 0 aromatic heterocycles. The Morgan fingerprint density at radius 1 is 1.59 bits per heavy atom. The van der Waals surface area contributed by atoms with E-state index in [1.54, 1.807) is 12.1 Å². The number of rotatable bonds is 2. The largest absolute Gasteiger partial charge is 0.396 e. The number of nitrogen functional groups attached to an aromatic ring is 1. The molecule has 0 spiro atoms. The molecule has 1 aromatic rings. The number of benzene rings is 1. The van der Waals surface area contributed by atoms with Crippen molar-refractivity contribution in [2.45, 2.75) is 6.04 Å². The summed E-state index contributed by atoms with van der Waals surface area (Å²) in [5, 5.41) is 18.3. The van der Waals surface area contributed by atoms with E-state index in [4.69, 9.17) is 15.7 Å². The Kier molecular flexibility index (Phi) is 3.47. The van der Waals surface area contributed by atoms with Gasteiger partial charge in [0, 0.05) is 6.54 Å². The first-order chi connectivity index (χ1) is 8.27. The van der Waals surface area contributed by atoms with Crippen molar-refractivity contribution in [3.8, 4) is 6.07 Å². The third kappa shape index (κ3) is 2.18. The van der Waals surface area contributed by atoms with E-state index in [9.17, 15) is 5.11 Å². The maximum Gasteiger partial charge on any atom is 0.101 e. The van der Waals surface area contributed by atoms with E-state index in [1.165, 1.54) is 0 Å². The molecule has 5 nitrogen and oxygen atoms in total. The molecular formula is C12H15N3O2. The maximum absolute atomic E-state index is 9.31. The highest BCUT2D eigenvalue weighted by Crippen LogP contribution is 2.28. The second kappa shape index (κ2) is 5.04. The average Bonchev–Trinajstić information content (AvgIpc) is 2.39. The summed E-state index contributed by atoms with van der Waals surface area (Å²) in [5.41, 5.74) is 7.68. The van der Waals surface area contributed by atoms with Crippen LogP contribution in [0.3, 0.4) is 0 Å². The van der Waals surface area contributed by atoms with Gasteiger partial charge in [-0.3, -0.25) is 0 Å². The van der Waals surface area contributed by atoms with Crippen LogP contribution in [0.4, 0.5) is 11.4 Å². The number of para-hydroxylation sites is 1. The van der Waals surface area contributed by atoms with E-state index in [0.29, 0.717) is 31.0 Å². The Bertz CT molecular complexity index is 442. The van der Waals surface area contributed by atoms with Crippen molar-refractivity contribution in [3.63, 3.8) is 0 Å². The van der Waals surface area contributed by atoms with Crippen LogP contribution < -0.4 is 10.6 Å². The normalized spacial score (nSPS) is 20.0. The van der Waals surface area contributed by atoms with Crippen molar-refractivity contribution in [1.82, 2.24) is 0 Å². The zero-order valence-electron chi connectivity index (χ0n) is 9.47. The third-order valence-electron chi connectivity index (χ3n) is 2.95. The molecule has 0 saturated carbocycles. The van der Waals surface area contributed by atoms with Crippen molar-refractivity contribution >= 4 is 11.4 Å². The molecule has 17 heavy (non-hydrogen) atoms. The fraction of sp³-hybridized carbons (Fsp3) is 0.417. The molecule has 1 atom stereocenters. The van der Waals surface area contributed by atoms with Crippen LogP contribution in [-0.2, 0) is 4.74 Å². The second-order valence-corrected chi connectivity index (χ2v) is 3.95. The summed E-state index contributed by atoms with van der Waals surface area (Å²) in [7, 11) is 0. The Morgan fingerprint density at radius 2 is 2.41 bits per heavy atom. The van der Waals surface area contributed by atoms with Gasteiger partial charge in [-0.15, -0.1) is 0 Å². The Labute approximate surface area is 100 Å². The number of ether oxygens (including phenoxy) is 1. The Morgan fingerprint density at radius 3 is 3.12 bits per heavy atom. The first-order valence-electron chi connectivity index (χ1n) is 5.51. The van der Waals surface area contributed by atoms with Gasteiger partial charge in [0.15, 0.2) is 0 Å². The number of hydrogen-bond donors (Lipinski definition) is 2. The lowest BCUT2D eigenvalue weighted by atomic mass is 10.1. The number of anilines is 2. The minimum absolute atomic E-state index is 0.0101. The zero-order chi connectivity index (χ0) is 12.3. The molecule has 1 heterocycles. The monoisotopic (exact) mass is 233 g/mol. The molecule has 1 aromatic carbocycles. The smallest absolute Gasteiger partial charge is 0.101 e. The lowest BCUT2D eigenvalue weighted by molar-refractivity contribution is 0.0728. The van der Waals surface area contributed by atoms with Crippen molar-refractivity contribution in [2.24, 2.45) is 0 Å². The highest BCUT2D eigenvalue weighted by molar-refractivity contribution is 5.74. The van der Waals surface area contributed by atoms with Gasteiger partial charge in [0.2, 0.25) is 0 Å². The summed E-state index contributed by atoms with van der Waals surface area (Å²) in [5.74, 6) is 0. The van der Waals surface area contributed by atoms with Crippen LogP contribution in [0.5, 0.6) is 0 Å². The van der Waals surface area contributed by atoms with E-state index in [-0.39, 0.29) is 12.6 Å². The quantitative estimate of drug-likeness (QED) is 0.720. The number of aliphatic hydroxyl groups is 1. The van der Waals surface area contributed by atoms with Gasteiger partial charge in [-0.1, -0.05) is 6.07 Å². The second-order valence-electron chi connectivity index (χ2n) is 3.95. The summed E-state index contributed by atoms with van der Waals surface area (Å²) in [6.07, 6.45) is 0. The van der Waals surface area contributed by atoms with Crippen LogP contribution in [-0.4, -0.2) is 37.5 Å². The number of nitrogens with zero attached hydrogens (tertiary/aromatic N) is 2. The molecule has 5 heteroatoms. The molecule has 3 N–H and O–H groups in total. The molecule has 0 aliphatic carbocycles. The molecule has 2 rings (SSSR count). The van der Waals surface area contributed by atoms with Gasteiger partial charge in [-0.2, -0.15) is 5.26 Å². The highest BCUT2D eigenvalue weighted by Gasteiger charge is 2.24. The van der Waals surface area contributed by atoms with Gasteiger partial charge in [-0.05, 0) is 12.1 Å². The molecule has 0 radical (unpaired) electrons. The Balaban J connectivity index is 2.35. The maximum atomic E-state index is 9.31. The van der Waals surface area contributed by atoms with Crippen molar-refractivity contribution in [3.05, 3.63) is 23.8 Å². The molecule has 1 fully saturated rings. The zero-order valence-corrected chi connectivity index (χ0v) is 9.47. The third-order valence-corrected chi connectivity index (χ3v) is 2.95. The van der Waals surface area contributed by atoms with Gasteiger partial charge < -0.3 is 20.5 Å². The van der Waals surface area contributed by atoms with Crippen molar-refractivity contribution in [1.29, 1.82) is 5.26 Å². The van der Waals surface area contributed by atoms with Crippen LogP contribution in [0, 0.1) is 11.3 Å². The SMILES string of the molecule is N#Cc1cccc(N2CCOCC2CO)c1N. The van der Waals surface area contributed by atoms with Gasteiger partial charge in [0.25, 0.3) is 0 Å².